The normalized spacial score (nSPS) is 8.50. The summed E-state index contributed by atoms with van der Waals surface area (Å²) < 4.78 is 23.2. The molecule has 0 saturated heterocycles. The van der Waals surface area contributed by atoms with Crippen LogP contribution in [-0.4, -0.2) is 49.0 Å². The van der Waals surface area contributed by atoms with Crippen LogP contribution >= 0.6 is 0 Å². The van der Waals surface area contributed by atoms with Gasteiger partial charge in [0, 0.05) is 0 Å². The summed E-state index contributed by atoms with van der Waals surface area (Å²) in [5, 5.41) is 7.59. The molecule has 0 amide bonds. The molecule has 0 aliphatic heterocycles. The van der Waals surface area contributed by atoms with Crippen LogP contribution in [0.25, 0.3) is 0 Å². The Hall–Kier alpha value is 0.350. The minimum absolute atomic E-state index is 0. The van der Waals surface area contributed by atoms with Crippen LogP contribution in [0, 0.1) is 0 Å². The molecule has 0 aliphatic rings. The molecule has 12 heavy (non-hydrogen) atoms. The van der Waals surface area contributed by atoms with E-state index in [4.69, 9.17) is 5.26 Å². The maximum absolute atomic E-state index is 10.1. The Morgan fingerprint density at radius 3 is 1.92 bits per heavy atom. The molecule has 0 fully saturated rings. The van der Waals surface area contributed by atoms with Crippen LogP contribution < -0.4 is 0 Å². The van der Waals surface area contributed by atoms with Gasteiger partial charge in [0.2, 0.25) is 0 Å². The van der Waals surface area contributed by atoms with Gasteiger partial charge in [-0.25, -0.2) is 5.26 Å². The van der Waals surface area contributed by atoms with E-state index in [0.29, 0.717) is 0 Å². The first-order valence-electron chi connectivity index (χ1n) is 2.77. The fourth-order valence-electron chi connectivity index (χ4n) is 0.175. The van der Waals surface area contributed by atoms with Crippen LogP contribution in [0.15, 0.2) is 25.3 Å². The average Bonchev–Trinajstić information content (AvgIpc) is 1.90. The van der Waals surface area contributed by atoms with Crippen molar-refractivity contribution < 1.29 is 18.0 Å². The van der Waals surface area contributed by atoms with Crippen LogP contribution in [0.4, 0.5) is 0 Å². The van der Waals surface area contributed by atoms with Gasteiger partial charge in [-0.15, -0.1) is 17.5 Å². The molecule has 68 valence electrons. The average molecular weight is 204 g/mol. The van der Waals surface area contributed by atoms with Crippen LogP contribution in [0.2, 0.25) is 0 Å². The third kappa shape index (κ3) is 16.7. The van der Waals surface area contributed by atoms with E-state index in [9.17, 15) is 8.42 Å². The second-order valence-electron chi connectivity index (χ2n) is 1.50. The zero-order valence-electron chi connectivity index (χ0n) is 6.36. The molecule has 0 aromatic heterocycles. The van der Waals surface area contributed by atoms with Crippen molar-refractivity contribution in [2.45, 2.75) is 6.92 Å². The van der Waals surface area contributed by atoms with Crippen molar-refractivity contribution in [1.82, 2.24) is 0 Å². The van der Waals surface area contributed by atoms with Crippen LogP contribution in [0.5, 0.6) is 0 Å². The Labute approximate surface area is 95.3 Å². The Bertz CT molecular complexity index is 198. The Morgan fingerprint density at radius 1 is 1.50 bits per heavy atom. The van der Waals surface area contributed by atoms with Gasteiger partial charge in [-0.05, 0) is 6.92 Å². The van der Waals surface area contributed by atoms with Crippen molar-refractivity contribution >= 4 is 39.7 Å². The van der Waals surface area contributed by atoms with E-state index >= 15 is 0 Å². The topological polar surface area (TPSA) is 63.6 Å². The Morgan fingerprint density at radius 2 is 1.83 bits per heavy atom. The molecule has 0 saturated carbocycles. The van der Waals surface area contributed by atoms with Gasteiger partial charge >= 0.3 is 29.6 Å². The first-order valence-corrected chi connectivity index (χ1v) is 4.35. The van der Waals surface area contributed by atoms with Crippen molar-refractivity contribution in [1.29, 1.82) is 0 Å². The fraction of sp³-hybridized carbons (Fsp3) is 0.333. The van der Waals surface area contributed by atoms with Gasteiger partial charge in [-0.3, -0.25) is 0 Å². The van der Waals surface area contributed by atoms with Crippen LogP contribution in [0.1, 0.15) is 6.92 Å². The van der Waals surface area contributed by atoms with Gasteiger partial charge in [-0.1, -0.05) is 12.2 Å². The summed E-state index contributed by atoms with van der Waals surface area (Å²) in [6, 6.07) is 0. The zero-order chi connectivity index (χ0) is 9.33. The number of hydrogen-bond donors (Lipinski definition) is 1. The molecule has 0 heterocycles. The number of rotatable bonds is 3. The second kappa shape index (κ2) is 11.4. The van der Waals surface area contributed by atoms with Crippen molar-refractivity contribution in [3.8, 4) is 0 Å². The third-order valence-electron chi connectivity index (χ3n) is 0.436. The molecule has 0 radical (unpaired) electrons. The molecule has 4 nitrogen and oxygen atoms in total. The first kappa shape index (κ1) is 18.2. The molecule has 0 spiro atoms. The van der Waals surface area contributed by atoms with Crippen LogP contribution in [-0.2, 0) is 14.5 Å². The summed E-state index contributed by atoms with van der Waals surface area (Å²) in [4.78, 5) is 0. The van der Waals surface area contributed by atoms with E-state index in [1.165, 1.54) is 0 Å². The molecule has 1 N–H and O–H groups in total. The predicted molar refractivity (Wildman–Crippen MR) is 50.7 cm³/mol. The molecule has 0 unspecified atom stereocenters. The van der Waals surface area contributed by atoms with E-state index in [1.54, 1.807) is 6.08 Å². The molecular formula is C6H13NaO4S. The monoisotopic (exact) mass is 204 g/mol. The molecule has 0 aromatic carbocycles. The molecule has 0 rings (SSSR count). The molecular weight excluding hydrogens is 191 g/mol. The van der Waals surface area contributed by atoms with Gasteiger partial charge in [0.05, 0.1) is 5.75 Å². The van der Waals surface area contributed by atoms with Gasteiger partial charge < -0.3 is 0 Å². The Balaban J connectivity index is -0.000000177. The van der Waals surface area contributed by atoms with Crippen LogP contribution in [0.3, 0.4) is 0 Å². The van der Waals surface area contributed by atoms with Crippen molar-refractivity contribution in [3.63, 3.8) is 0 Å². The van der Waals surface area contributed by atoms with E-state index in [-0.39, 0.29) is 35.3 Å². The molecule has 0 aliphatic carbocycles. The SMILES string of the molecule is C=CC.C=CCS(=O)(=O)OO.[NaH]. The van der Waals surface area contributed by atoms with Gasteiger partial charge in [-0.2, -0.15) is 8.42 Å². The van der Waals surface area contributed by atoms with E-state index in [2.05, 4.69) is 17.5 Å². The Kier molecular flexibility index (Phi) is 17.2. The summed E-state index contributed by atoms with van der Waals surface area (Å²) in [7, 11) is -3.73. The van der Waals surface area contributed by atoms with E-state index in [1.807, 2.05) is 6.92 Å². The molecule has 0 atom stereocenters. The number of hydrogen-bond acceptors (Lipinski definition) is 4. The standard InChI is InChI=1S/C3H6O4S.C3H6.Na.H/c1-2-3-8(5,6)7-4;1-3-2;;/h2,4H,1,3H2;3H,1H2,2H3;;. The van der Waals surface area contributed by atoms with Gasteiger partial charge in [0.1, 0.15) is 0 Å². The van der Waals surface area contributed by atoms with Gasteiger partial charge in [0.25, 0.3) is 10.1 Å². The summed E-state index contributed by atoms with van der Waals surface area (Å²) >= 11 is 0. The third-order valence-corrected chi connectivity index (χ3v) is 1.31. The minimum atomic E-state index is -3.73. The van der Waals surface area contributed by atoms with Crippen molar-refractivity contribution in [2.24, 2.45) is 0 Å². The second-order valence-corrected chi connectivity index (χ2v) is 3.09. The summed E-state index contributed by atoms with van der Waals surface area (Å²) in [5.74, 6) is -0.372. The van der Waals surface area contributed by atoms with Gasteiger partial charge in [0.15, 0.2) is 0 Å². The van der Waals surface area contributed by atoms with Crippen molar-refractivity contribution in [3.05, 3.63) is 25.3 Å². The number of allylic oxidation sites excluding steroid dienone is 1. The molecule has 6 heteroatoms. The molecule has 0 bridgehead atoms. The summed E-state index contributed by atoms with van der Waals surface area (Å²) in [6.07, 6.45) is 2.87. The molecule has 0 aromatic rings. The summed E-state index contributed by atoms with van der Waals surface area (Å²) in [6.45, 7) is 8.37. The van der Waals surface area contributed by atoms with E-state index in [0.717, 1.165) is 6.08 Å². The van der Waals surface area contributed by atoms with Crippen molar-refractivity contribution in [2.75, 3.05) is 5.75 Å². The quantitative estimate of drug-likeness (QED) is 0.315. The fourth-order valence-corrected chi connectivity index (χ4v) is 0.524. The zero-order valence-corrected chi connectivity index (χ0v) is 7.17. The first-order chi connectivity index (χ1) is 5.04. The predicted octanol–water partition coefficient (Wildman–Crippen LogP) is 0.536. The summed E-state index contributed by atoms with van der Waals surface area (Å²) in [5.41, 5.74) is 0. The van der Waals surface area contributed by atoms with E-state index < -0.39 is 10.1 Å². The maximum atomic E-state index is 10.1.